The Labute approximate surface area is 127 Å². The van der Waals surface area contributed by atoms with E-state index in [0.29, 0.717) is 18.1 Å². The first-order valence-electron chi connectivity index (χ1n) is 8.20. The molecule has 0 aromatic heterocycles. The Morgan fingerprint density at radius 3 is 2.38 bits per heavy atom. The molecule has 2 heterocycles. The Balaban J connectivity index is 1.68. The minimum Gasteiger partial charge on any atom is -0.353 e. The van der Waals surface area contributed by atoms with E-state index in [0.717, 1.165) is 19.4 Å². The molecule has 2 bridgehead atoms. The molecular formula is C18H26N2O. The highest BCUT2D eigenvalue weighted by molar-refractivity contribution is 5.73. The summed E-state index contributed by atoms with van der Waals surface area (Å²) in [5, 5.41) is 3.14. The van der Waals surface area contributed by atoms with Gasteiger partial charge in [0.05, 0.1) is 0 Å². The molecule has 2 saturated heterocycles. The number of carbonyl (C=O) groups is 1. The van der Waals surface area contributed by atoms with Crippen LogP contribution in [0.5, 0.6) is 0 Å². The van der Waals surface area contributed by atoms with Crippen LogP contribution < -0.4 is 5.32 Å². The monoisotopic (exact) mass is 286 g/mol. The first-order chi connectivity index (χ1) is 10.1. The van der Waals surface area contributed by atoms with Crippen molar-refractivity contribution in [3.8, 4) is 0 Å². The lowest BCUT2D eigenvalue weighted by Crippen LogP contribution is -2.56. The molecule has 3 rings (SSSR count). The van der Waals surface area contributed by atoms with Crippen molar-refractivity contribution in [3.63, 3.8) is 0 Å². The van der Waals surface area contributed by atoms with Gasteiger partial charge in [0.15, 0.2) is 0 Å². The maximum atomic E-state index is 11.3. The largest absolute Gasteiger partial charge is 0.353 e. The standard InChI is InChI=1S/C18H26N2O/c1-13-6-8-15(9-7-13)12-20-17-4-3-5-18(20)11-16(10-17)19-14(2)21/h6-9,16-18H,3-5,10-12H2,1-2H3,(H,19,21)/t17-,18-/m0/s1. The molecule has 1 N–H and O–H groups in total. The Morgan fingerprint density at radius 1 is 1.19 bits per heavy atom. The van der Waals surface area contributed by atoms with Gasteiger partial charge in [0.2, 0.25) is 5.91 Å². The van der Waals surface area contributed by atoms with Crippen molar-refractivity contribution in [2.45, 2.75) is 70.6 Å². The number of nitrogens with one attached hydrogen (secondary N) is 1. The van der Waals surface area contributed by atoms with Crippen LogP contribution in [-0.2, 0) is 11.3 Å². The highest BCUT2D eigenvalue weighted by Crippen LogP contribution is 2.35. The Kier molecular flexibility index (Phi) is 4.29. The molecule has 2 atom stereocenters. The van der Waals surface area contributed by atoms with Crippen molar-refractivity contribution >= 4 is 5.91 Å². The van der Waals surface area contributed by atoms with Crippen molar-refractivity contribution < 1.29 is 4.79 Å². The molecule has 0 spiro atoms. The molecule has 3 heteroatoms. The van der Waals surface area contributed by atoms with Crippen LogP contribution in [0, 0.1) is 6.92 Å². The van der Waals surface area contributed by atoms with E-state index in [9.17, 15) is 4.79 Å². The van der Waals surface area contributed by atoms with Crippen molar-refractivity contribution in [1.29, 1.82) is 0 Å². The van der Waals surface area contributed by atoms with E-state index in [-0.39, 0.29) is 5.91 Å². The number of hydrogen-bond acceptors (Lipinski definition) is 2. The molecular weight excluding hydrogens is 260 g/mol. The van der Waals surface area contributed by atoms with Crippen LogP contribution in [0.25, 0.3) is 0 Å². The van der Waals surface area contributed by atoms with Crippen molar-refractivity contribution in [2.24, 2.45) is 0 Å². The first-order valence-corrected chi connectivity index (χ1v) is 8.20. The van der Waals surface area contributed by atoms with Crippen LogP contribution in [0.1, 0.15) is 50.2 Å². The average molecular weight is 286 g/mol. The summed E-state index contributed by atoms with van der Waals surface area (Å²) in [6, 6.07) is 10.6. The van der Waals surface area contributed by atoms with E-state index in [1.807, 2.05) is 0 Å². The zero-order valence-corrected chi connectivity index (χ0v) is 13.1. The van der Waals surface area contributed by atoms with Gasteiger partial charge >= 0.3 is 0 Å². The summed E-state index contributed by atoms with van der Waals surface area (Å²) in [4.78, 5) is 14.0. The van der Waals surface area contributed by atoms with Gasteiger partial charge in [-0.1, -0.05) is 36.2 Å². The number of fused-ring (bicyclic) bond motifs is 2. The quantitative estimate of drug-likeness (QED) is 0.926. The number of hydrogen-bond donors (Lipinski definition) is 1. The number of benzene rings is 1. The van der Waals surface area contributed by atoms with E-state index in [1.54, 1.807) is 6.92 Å². The number of rotatable bonds is 3. The Morgan fingerprint density at radius 2 is 1.81 bits per heavy atom. The van der Waals surface area contributed by atoms with Crippen LogP contribution >= 0.6 is 0 Å². The lowest BCUT2D eigenvalue weighted by atomic mass is 9.81. The van der Waals surface area contributed by atoms with Gasteiger partial charge in [-0.25, -0.2) is 0 Å². The van der Waals surface area contributed by atoms with E-state index in [1.165, 1.54) is 30.4 Å². The molecule has 2 aliphatic rings. The summed E-state index contributed by atoms with van der Waals surface area (Å²) in [7, 11) is 0. The van der Waals surface area contributed by atoms with Gasteiger partial charge < -0.3 is 5.32 Å². The third kappa shape index (κ3) is 3.46. The highest BCUT2D eigenvalue weighted by Gasteiger charge is 2.38. The second kappa shape index (κ2) is 6.18. The van der Waals surface area contributed by atoms with Gasteiger partial charge in [0.1, 0.15) is 0 Å². The molecule has 1 aromatic carbocycles. The second-order valence-electron chi connectivity index (χ2n) is 6.77. The van der Waals surface area contributed by atoms with Gasteiger partial charge in [-0.2, -0.15) is 0 Å². The van der Waals surface area contributed by atoms with Crippen LogP contribution in [0.15, 0.2) is 24.3 Å². The van der Waals surface area contributed by atoms with Crippen molar-refractivity contribution in [2.75, 3.05) is 0 Å². The van der Waals surface area contributed by atoms with E-state index >= 15 is 0 Å². The number of amides is 1. The average Bonchev–Trinajstić information content (AvgIpc) is 2.41. The molecule has 1 aromatic rings. The molecule has 0 aliphatic carbocycles. The molecule has 3 nitrogen and oxygen atoms in total. The summed E-state index contributed by atoms with van der Waals surface area (Å²) in [6.07, 6.45) is 6.12. The molecule has 2 fully saturated rings. The first kappa shape index (κ1) is 14.6. The van der Waals surface area contributed by atoms with Crippen LogP contribution in [0.4, 0.5) is 0 Å². The van der Waals surface area contributed by atoms with Gasteiger partial charge in [-0.15, -0.1) is 0 Å². The van der Waals surface area contributed by atoms with Gasteiger partial charge in [0.25, 0.3) is 0 Å². The molecule has 114 valence electrons. The summed E-state index contributed by atoms with van der Waals surface area (Å²) in [5.74, 6) is 0.116. The minimum absolute atomic E-state index is 0.116. The second-order valence-corrected chi connectivity index (χ2v) is 6.77. The molecule has 1 amide bonds. The summed E-state index contributed by atoms with van der Waals surface area (Å²) in [6.45, 7) is 4.83. The normalized spacial score (nSPS) is 29.1. The summed E-state index contributed by atoms with van der Waals surface area (Å²) >= 11 is 0. The zero-order chi connectivity index (χ0) is 14.8. The van der Waals surface area contributed by atoms with E-state index in [2.05, 4.69) is 41.4 Å². The molecule has 0 unspecified atom stereocenters. The fourth-order valence-corrected chi connectivity index (χ4v) is 4.05. The molecule has 0 radical (unpaired) electrons. The predicted molar refractivity (Wildman–Crippen MR) is 85.0 cm³/mol. The fourth-order valence-electron chi connectivity index (χ4n) is 4.05. The molecule has 21 heavy (non-hydrogen) atoms. The van der Waals surface area contributed by atoms with Crippen molar-refractivity contribution in [3.05, 3.63) is 35.4 Å². The zero-order valence-electron chi connectivity index (χ0n) is 13.1. The minimum atomic E-state index is 0.116. The van der Waals surface area contributed by atoms with E-state index < -0.39 is 0 Å². The van der Waals surface area contributed by atoms with Crippen molar-refractivity contribution in [1.82, 2.24) is 10.2 Å². The summed E-state index contributed by atoms with van der Waals surface area (Å²) in [5.41, 5.74) is 2.73. The maximum absolute atomic E-state index is 11.3. The van der Waals surface area contributed by atoms with Gasteiger partial charge in [-0.3, -0.25) is 9.69 Å². The number of carbonyl (C=O) groups excluding carboxylic acids is 1. The Hall–Kier alpha value is -1.35. The molecule has 0 saturated carbocycles. The Bertz CT molecular complexity index is 482. The third-order valence-corrected chi connectivity index (χ3v) is 5.02. The van der Waals surface area contributed by atoms with Crippen LogP contribution in [-0.4, -0.2) is 28.9 Å². The molecule has 2 aliphatic heterocycles. The predicted octanol–water partition coefficient (Wildman–Crippen LogP) is 3.02. The SMILES string of the molecule is CC(=O)NC1C[C@@H]2CCC[C@@H](C1)N2Cc1ccc(C)cc1. The lowest BCUT2D eigenvalue weighted by molar-refractivity contribution is -0.120. The number of nitrogens with zero attached hydrogens (tertiary/aromatic N) is 1. The number of piperidine rings is 2. The van der Waals surface area contributed by atoms with Crippen LogP contribution in [0.3, 0.4) is 0 Å². The van der Waals surface area contributed by atoms with E-state index in [4.69, 9.17) is 0 Å². The number of aryl methyl sites for hydroxylation is 1. The van der Waals surface area contributed by atoms with Crippen LogP contribution in [0.2, 0.25) is 0 Å². The topological polar surface area (TPSA) is 32.3 Å². The van der Waals surface area contributed by atoms with Gasteiger partial charge in [-0.05, 0) is 38.2 Å². The lowest BCUT2D eigenvalue weighted by Gasteiger charge is -2.49. The highest BCUT2D eigenvalue weighted by atomic mass is 16.1. The third-order valence-electron chi connectivity index (χ3n) is 5.02. The van der Waals surface area contributed by atoms with Gasteiger partial charge in [0, 0.05) is 31.6 Å². The summed E-state index contributed by atoms with van der Waals surface area (Å²) < 4.78 is 0. The smallest absolute Gasteiger partial charge is 0.217 e. The fraction of sp³-hybridized carbons (Fsp3) is 0.611. The maximum Gasteiger partial charge on any atom is 0.217 e.